The molecule has 0 aliphatic carbocycles. The maximum atomic E-state index is 10.0. The van der Waals surface area contributed by atoms with Crippen molar-refractivity contribution >= 4 is 27.5 Å². The standard InChI is InChI=1S/C15H15BrClNO/c16-13-3-1-2-11(8-13)9-18-10-15(19)12-4-6-14(17)7-5-12/h1-8,15,18-19H,9-10H2. The van der Waals surface area contributed by atoms with E-state index in [2.05, 4.69) is 27.3 Å². The number of nitrogens with one attached hydrogen (secondary N) is 1. The number of hydrogen-bond donors (Lipinski definition) is 2. The zero-order chi connectivity index (χ0) is 13.7. The Morgan fingerprint density at radius 3 is 2.58 bits per heavy atom. The van der Waals surface area contributed by atoms with Crippen molar-refractivity contribution in [2.75, 3.05) is 6.54 Å². The van der Waals surface area contributed by atoms with E-state index >= 15 is 0 Å². The Labute approximate surface area is 126 Å². The van der Waals surface area contributed by atoms with E-state index in [-0.39, 0.29) is 0 Å². The minimum atomic E-state index is -0.524. The summed E-state index contributed by atoms with van der Waals surface area (Å²) in [4.78, 5) is 0. The molecule has 4 heteroatoms. The van der Waals surface area contributed by atoms with Gasteiger partial charge in [-0.15, -0.1) is 0 Å². The molecule has 0 aliphatic rings. The van der Waals surface area contributed by atoms with Gasteiger partial charge in [0.1, 0.15) is 0 Å². The highest BCUT2D eigenvalue weighted by Crippen LogP contribution is 2.16. The second kappa shape index (κ2) is 7.06. The van der Waals surface area contributed by atoms with Crippen LogP contribution < -0.4 is 5.32 Å². The van der Waals surface area contributed by atoms with Crippen LogP contribution in [0.3, 0.4) is 0 Å². The molecule has 0 radical (unpaired) electrons. The number of rotatable bonds is 5. The molecular formula is C15H15BrClNO. The van der Waals surface area contributed by atoms with Crippen LogP contribution in [0.1, 0.15) is 17.2 Å². The van der Waals surface area contributed by atoms with Crippen LogP contribution in [0.25, 0.3) is 0 Å². The maximum Gasteiger partial charge on any atom is 0.0914 e. The van der Waals surface area contributed by atoms with Gasteiger partial charge in [-0.3, -0.25) is 0 Å². The summed E-state index contributed by atoms with van der Waals surface area (Å²) in [5.41, 5.74) is 2.05. The van der Waals surface area contributed by atoms with E-state index in [9.17, 15) is 5.11 Å². The lowest BCUT2D eigenvalue weighted by Crippen LogP contribution is -2.21. The fourth-order valence-electron chi connectivity index (χ4n) is 1.80. The summed E-state index contributed by atoms with van der Waals surface area (Å²) in [6.07, 6.45) is -0.524. The molecule has 0 fully saturated rings. The van der Waals surface area contributed by atoms with E-state index in [1.165, 1.54) is 5.56 Å². The molecule has 100 valence electrons. The summed E-state index contributed by atoms with van der Waals surface area (Å²) >= 11 is 9.25. The Hall–Kier alpha value is -0.870. The predicted molar refractivity (Wildman–Crippen MR) is 82.3 cm³/mol. The highest BCUT2D eigenvalue weighted by Gasteiger charge is 2.06. The summed E-state index contributed by atoms with van der Waals surface area (Å²) < 4.78 is 1.06. The molecule has 2 rings (SSSR count). The largest absolute Gasteiger partial charge is 0.387 e. The van der Waals surface area contributed by atoms with Crippen molar-refractivity contribution < 1.29 is 5.11 Å². The van der Waals surface area contributed by atoms with Crippen LogP contribution in [0.2, 0.25) is 5.02 Å². The van der Waals surface area contributed by atoms with Crippen molar-refractivity contribution in [3.05, 3.63) is 69.2 Å². The van der Waals surface area contributed by atoms with Crippen LogP contribution >= 0.6 is 27.5 Å². The van der Waals surface area contributed by atoms with Gasteiger partial charge in [-0.2, -0.15) is 0 Å². The molecule has 0 saturated heterocycles. The first-order valence-corrected chi connectivity index (χ1v) is 7.21. The lowest BCUT2D eigenvalue weighted by atomic mass is 10.1. The number of benzene rings is 2. The number of hydrogen-bond acceptors (Lipinski definition) is 2. The van der Waals surface area contributed by atoms with Gasteiger partial charge >= 0.3 is 0 Å². The molecule has 0 amide bonds. The van der Waals surface area contributed by atoms with Gasteiger partial charge in [0, 0.05) is 22.6 Å². The van der Waals surface area contributed by atoms with Crippen LogP contribution in [-0.4, -0.2) is 11.7 Å². The highest BCUT2D eigenvalue weighted by atomic mass is 79.9. The SMILES string of the molecule is OC(CNCc1cccc(Br)c1)c1ccc(Cl)cc1. The quantitative estimate of drug-likeness (QED) is 0.864. The fourth-order valence-corrected chi connectivity index (χ4v) is 2.38. The van der Waals surface area contributed by atoms with Gasteiger partial charge in [0.15, 0.2) is 0 Å². The Balaban J connectivity index is 1.84. The van der Waals surface area contributed by atoms with Gasteiger partial charge in [-0.05, 0) is 35.4 Å². The third-order valence-corrected chi connectivity index (χ3v) is 3.56. The van der Waals surface area contributed by atoms with Crippen LogP contribution in [0.4, 0.5) is 0 Å². The molecule has 0 heterocycles. The van der Waals surface area contributed by atoms with Gasteiger partial charge in [0.05, 0.1) is 6.10 Å². The number of halogens is 2. The minimum absolute atomic E-state index is 0.508. The fraction of sp³-hybridized carbons (Fsp3) is 0.200. The van der Waals surface area contributed by atoms with Gasteiger partial charge in [0.2, 0.25) is 0 Å². The predicted octanol–water partition coefficient (Wildman–Crippen LogP) is 3.93. The van der Waals surface area contributed by atoms with Crippen molar-refractivity contribution in [2.45, 2.75) is 12.6 Å². The Kier molecular flexibility index (Phi) is 5.40. The summed E-state index contributed by atoms with van der Waals surface area (Å²) in [6.45, 7) is 1.23. The lowest BCUT2D eigenvalue weighted by molar-refractivity contribution is 0.174. The molecule has 1 unspecified atom stereocenters. The van der Waals surface area contributed by atoms with Crippen LogP contribution in [-0.2, 0) is 6.54 Å². The molecule has 0 aromatic heterocycles. The van der Waals surface area contributed by atoms with E-state index in [1.807, 2.05) is 30.3 Å². The first kappa shape index (κ1) is 14.5. The minimum Gasteiger partial charge on any atom is -0.387 e. The van der Waals surface area contributed by atoms with E-state index in [1.54, 1.807) is 12.1 Å². The first-order chi connectivity index (χ1) is 9.15. The zero-order valence-electron chi connectivity index (χ0n) is 10.3. The molecule has 19 heavy (non-hydrogen) atoms. The topological polar surface area (TPSA) is 32.3 Å². The van der Waals surface area contributed by atoms with Crippen molar-refractivity contribution in [1.29, 1.82) is 0 Å². The molecule has 0 saturated carbocycles. The molecule has 0 bridgehead atoms. The molecule has 0 spiro atoms. The van der Waals surface area contributed by atoms with E-state index in [0.29, 0.717) is 11.6 Å². The van der Waals surface area contributed by atoms with Crippen molar-refractivity contribution in [3.8, 4) is 0 Å². The second-order valence-corrected chi connectivity index (χ2v) is 5.68. The Bertz CT molecular complexity index is 530. The summed E-state index contributed by atoms with van der Waals surface area (Å²) in [5, 5.41) is 13.9. The van der Waals surface area contributed by atoms with Crippen molar-refractivity contribution in [2.24, 2.45) is 0 Å². The third-order valence-electron chi connectivity index (χ3n) is 2.81. The molecule has 1 atom stereocenters. The van der Waals surface area contributed by atoms with E-state index in [0.717, 1.165) is 16.6 Å². The molecule has 2 aromatic rings. The number of aliphatic hydroxyl groups excluding tert-OH is 1. The van der Waals surface area contributed by atoms with Crippen LogP contribution in [0.15, 0.2) is 53.0 Å². The van der Waals surface area contributed by atoms with E-state index in [4.69, 9.17) is 11.6 Å². The Morgan fingerprint density at radius 2 is 1.89 bits per heavy atom. The summed E-state index contributed by atoms with van der Waals surface area (Å²) in [7, 11) is 0. The summed E-state index contributed by atoms with van der Waals surface area (Å²) in [6, 6.07) is 15.3. The third kappa shape index (κ3) is 4.62. The van der Waals surface area contributed by atoms with Crippen LogP contribution in [0.5, 0.6) is 0 Å². The molecule has 2 aromatic carbocycles. The zero-order valence-corrected chi connectivity index (χ0v) is 12.7. The normalized spacial score (nSPS) is 12.4. The number of aliphatic hydroxyl groups is 1. The van der Waals surface area contributed by atoms with Crippen molar-refractivity contribution in [1.82, 2.24) is 5.32 Å². The van der Waals surface area contributed by atoms with Gasteiger partial charge in [-0.1, -0.05) is 51.8 Å². The molecule has 2 nitrogen and oxygen atoms in total. The summed E-state index contributed by atoms with van der Waals surface area (Å²) in [5.74, 6) is 0. The molecule has 0 aliphatic heterocycles. The average molecular weight is 341 g/mol. The van der Waals surface area contributed by atoms with Crippen LogP contribution in [0, 0.1) is 0 Å². The van der Waals surface area contributed by atoms with Gasteiger partial charge < -0.3 is 10.4 Å². The molecule has 2 N–H and O–H groups in total. The monoisotopic (exact) mass is 339 g/mol. The van der Waals surface area contributed by atoms with Crippen molar-refractivity contribution in [3.63, 3.8) is 0 Å². The molecular weight excluding hydrogens is 326 g/mol. The Morgan fingerprint density at radius 1 is 1.16 bits per heavy atom. The first-order valence-electron chi connectivity index (χ1n) is 6.04. The maximum absolute atomic E-state index is 10.0. The van der Waals surface area contributed by atoms with E-state index < -0.39 is 6.10 Å². The lowest BCUT2D eigenvalue weighted by Gasteiger charge is -2.12. The second-order valence-electron chi connectivity index (χ2n) is 4.33. The van der Waals surface area contributed by atoms with Gasteiger partial charge in [0.25, 0.3) is 0 Å². The smallest absolute Gasteiger partial charge is 0.0914 e. The highest BCUT2D eigenvalue weighted by molar-refractivity contribution is 9.10. The van der Waals surface area contributed by atoms with Gasteiger partial charge in [-0.25, -0.2) is 0 Å². The average Bonchev–Trinajstić information content (AvgIpc) is 2.39.